The summed E-state index contributed by atoms with van der Waals surface area (Å²) in [6.45, 7) is 1.78. The number of hydrogen-bond acceptors (Lipinski definition) is 4. The monoisotopic (exact) mass is 345 g/mol. The number of benzene rings is 3. The molecule has 4 nitrogen and oxygen atoms in total. The molecule has 3 aromatic carbocycles. The number of fused-ring (bicyclic) bond motifs is 1. The van der Waals surface area contributed by atoms with Gasteiger partial charge in [-0.05, 0) is 22.4 Å². The highest BCUT2D eigenvalue weighted by Crippen LogP contribution is 2.40. The van der Waals surface area contributed by atoms with Crippen LogP contribution in [0.1, 0.15) is 24.0 Å². The second-order valence-electron chi connectivity index (χ2n) is 6.09. The number of hydrogen-bond donors (Lipinski definition) is 0. The average Bonchev–Trinajstić information content (AvgIpc) is 2.69. The molecule has 4 heteroatoms. The van der Waals surface area contributed by atoms with Gasteiger partial charge in [0.2, 0.25) is 0 Å². The molecule has 0 saturated carbocycles. The number of carbonyl (C=O) groups excluding carboxylic acids is 1. The van der Waals surface area contributed by atoms with E-state index in [1.165, 1.54) is 6.26 Å². The van der Waals surface area contributed by atoms with Gasteiger partial charge >= 0.3 is 5.97 Å². The number of esters is 1. The first-order valence-corrected chi connectivity index (χ1v) is 8.37. The molecule has 0 heterocycles. The van der Waals surface area contributed by atoms with Crippen molar-refractivity contribution in [3.8, 4) is 12.0 Å². The van der Waals surface area contributed by atoms with Crippen LogP contribution in [-0.4, -0.2) is 13.1 Å². The summed E-state index contributed by atoms with van der Waals surface area (Å²) in [6, 6.07) is 21.7. The van der Waals surface area contributed by atoms with Crippen LogP contribution in [0.5, 0.6) is 5.75 Å². The third kappa shape index (κ3) is 3.25. The first kappa shape index (κ1) is 17.5. The lowest BCUT2D eigenvalue weighted by Crippen LogP contribution is -2.22. The topological polar surface area (TPSA) is 59.3 Å². The number of rotatable bonds is 5. The Morgan fingerprint density at radius 2 is 1.62 bits per heavy atom. The second kappa shape index (κ2) is 7.71. The van der Waals surface area contributed by atoms with E-state index in [4.69, 9.17) is 10.00 Å². The molecule has 130 valence electrons. The van der Waals surface area contributed by atoms with E-state index >= 15 is 0 Å². The minimum Gasteiger partial charge on any atom is -0.496 e. The summed E-state index contributed by atoms with van der Waals surface area (Å²) in [5.41, 5.74) is 1.88. The van der Waals surface area contributed by atoms with Gasteiger partial charge in [0.25, 0.3) is 6.26 Å². The molecule has 3 rings (SSSR count). The van der Waals surface area contributed by atoms with Gasteiger partial charge in [0, 0.05) is 11.5 Å². The van der Waals surface area contributed by atoms with E-state index in [-0.39, 0.29) is 5.92 Å². The van der Waals surface area contributed by atoms with Crippen molar-refractivity contribution in [1.29, 1.82) is 5.26 Å². The second-order valence-corrected chi connectivity index (χ2v) is 6.09. The van der Waals surface area contributed by atoms with Crippen molar-refractivity contribution in [2.75, 3.05) is 7.11 Å². The minimum atomic E-state index is -0.559. The lowest BCUT2D eigenvalue weighted by Gasteiger charge is -2.25. The Labute approximate surface area is 152 Å². The molecule has 2 atom stereocenters. The van der Waals surface area contributed by atoms with Crippen LogP contribution < -0.4 is 4.74 Å². The van der Waals surface area contributed by atoms with Crippen LogP contribution in [0.25, 0.3) is 10.8 Å². The van der Waals surface area contributed by atoms with E-state index in [2.05, 4.69) is 4.74 Å². The molecule has 0 radical (unpaired) electrons. The SMILES string of the molecule is COc1ccccc1C(c1cccc2ccccc12)C(C)C(=O)OC#N. The number of para-hydroxylation sites is 1. The molecule has 0 amide bonds. The third-order valence-electron chi connectivity index (χ3n) is 4.65. The van der Waals surface area contributed by atoms with Crippen LogP contribution in [0.2, 0.25) is 0 Å². The first-order valence-electron chi connectivity index (χ1n) is 8.37. The molecule has 0 aliphatic carbocycles. The molecular formula is C22H19NO3. The van der Waals surface area contributed by atoms with Crippen molar-refractivity contribution in [1.82, 2.24) is 0 Å². The van der Waals surface area contributed by atoms with Crippen molar-refractivity contribution in [3.63, 3.8) is 0 Å². The van der Waals surface area contributed by atoms with Crippen molar-refractivity contribution in [3.05, 3.63) is 77.9 Å². The zero-order chi connectivity index (χ0) is 18.5. The predicted octanol–water partition coefficient (Wildman–Crippen LogP) is 4.64. The van der Waals surface area contributed by atoms with Gasteiger partial charge in [-0.2, -0.15) is 0 Å². The fourth-order valence-electron chi connectivity index (χ4n) is 3.43. The quantitative estimate of drug-likeness (QED) is 0.499. The van der Waals surface area contributed by atoms with Crippen LogP contribution in [0.4, 0.5) is 0 Å². The number of ether oxygens (including phenoxy) is 2. The van der Waals surface area contributed by atoms with Crippen molar-refractivity contribution >= 4 is 16.7 Å². The van der Waals surface area contributed by atoms with Crippen LogP contribution in [0, 0.1) is 17.4 Å². The molecule has 0 fully saturated rings. The summed E-state index contributed by atoms with van der Waals surface area (Å²) in [5, 5.41) is 10.9. The Balaban J connectivity index is 2.24. The fourth-order valence-corrected chi connectivity index (χ4v) is 3.43. The summed E-state index contributed by atoms with van der Waals surface area (Å²) in [4.78, 5) is 12.4. The van der Waals surface area contributed by atoms with Gasteiger partial charge in [-0.25, -0.2) is 0 Å². The Bertz CT molecular complexity index is 969. The van der Waals surface area contributed by atoms with E-state index in [1.807, 2.05) is 66.7 Å². The molecule has 2 unspecified atom stereocenters. The Kier molecular flexibility index (Phi) is 5.19. The largest absolute Gasteiger partial charge is 0.496 e. The van der Waals surface area contributed by atoms with Crippen LogP contribution in [0.3, 0.4) is 0 Å². The van der Waals surface area contributed by atoms with Gasteiger partial charge in [-0.1, -0.05) is 67.6 Å². The van der Waals surface area contributed by atoms with Gasteiger partial charge in [-0.15, -0.1) is 5.26 Å². The molecular weight excluding hydrogens is 326 g/mol. The molecule has 26 heavy (non-hydrogen) atoms. The van der Waals surface area contributed by atoms with Gasteiger partial charge in [0.1, 0.15) is 5.75 Å². The summed E-state index contributed by atoms with van der Waals surface area (Å²) in [5.74, 6) is -0.728. The Morgan fingerprint density at radius 3 is 2.38 bits per heavy atom. The molecule has 0 saturated heterocycles. The minimum absolute atomic E-state index is 0.307. The van der Waals surface area contributed by atoms with E-state index in [0.29, 0.717) is 5.75 Å². The Morgan fingerprint density at radius 1 is 0.962 bits per heavy atom. The highest BCUT2D eigenvalue weighted by molar-refractivity contribution is 5.88. The summed E-state index contributed by atoms with van der Waals surface area (Å²) < 4.78 is 10.2. The fraction of sp³-hybridized carbons (Fsp3) is 0.182. The lowest BCUT2D eigenvalue weighted by atomic mass is 9.79. The maximum Gasteiger partial charge on any atom is 0.325 e. The summed E-state index contributed by atoms with van der Waals surface area (Å²) in [7, 11) is 1.61. The highest BCUT2D eigenvalue weighted by Gasteiger charge is 2.31. The molecule has 0 spiro atoms. The zero-order valence-electron chi connectivity index (χ0n) is 14.7. The van der Waals surface area contributed by atoms with Gasteiger partial charge in [0.05, 0.1) is 13.0 Å². The van der Waals surface area contributed by atoms with E-state index in [9.17, 15) is 4.79 Å². The predicted molar refractivity (Wildman–Crippen MR) is 99.7 cm³/mol. The van der Waals surface area contributed by atoms with Crippen molar-refractivity contribution in [2.24, 2.45) is 5.92 Å². The van der Waals surface area contributed by atoms with Crippen LogP contribution in [0.15, 0.2) is 66.7 Å². The van der Waals surface area contributed by atoms with Crippen molar-refractivity contribution < 1.29 is 14.3 Å². The van der Waals surface area contributed by atoms with Gasteiger partial charge in [0.15, 0.2) is 0 Å². The molecule has 3 aromatic rings. The molecule has 0 aromatic heterocycles. The number of carbonyl (C=O) groups is 1. The summed E-state index contributed by atoms with van der Waals surface area (Å²) in [6.07, 6.45) is 1.49. The smallest absolute Gasteiger partial charge is 0.325 e. The molecule has 0 bridgehead atoms. The first-order chi connectivity index (χ1) is 12.7. The van der Waals surface area contributed by atoms with Crippen LogP contribution >= 0.6 is 0 Å². The summed E-state index contributed by atoms with van der Waals surface area (Å²) >= 11 is 0. The van der Waals surface area contributed by atoms with Crippen molar-refractivity contribution in [2.45, 2.75) is 12.8 Å². The van der Waals surface area contributed by atoms with Gasteiger partial charge < -0.3 is 9.47 Å². The number of methoxy groups -OCH3 is 1. The molecule has 0 aliphatic heterocycles. The average molecular weight is 345 g/mol. The lowest BCUT2D eigenvalue weighted by molar-refractivity contribution is -0.141. The third-order valence-corrected chi connectivity index (χ3v) is 4.65. The molecule has 0 N–H and O–H groups in total. The van der Waals surface area contributed by atoms with E-state index in [0.717, 1.165) is 21.9 Å². The maximum atomic E-state index is 12.4. The number of nitrogens with zero attached hydrogens (tertiary/aromatic N) is 1. The Hall–Kier alpha value is -3.32. The standard InChI is InChI=1S/C22H19NO3/c1-15(22(24)26-14-23)21(19-11-5-6-13-20(19)25-2)18-12-7-9-16-8-3-4-10-17(16)18/h3-13,15,21H,1-2H3. The van der Waals surface area contributed by atoms with E-state index in [1.54, 1.807) is 14.0 Å². The van der Waals surface area contributed by atoms with E-state index < -0.39 is 11.9 Å². The van der Waals surface area contributed by atoms with Crippen LogP contribution in [-0.2, 0) is 9.53 Å². The molecule has 0 aliphatic rings. The maximum absolute atomic E-state index is 12.4. The number of nitriles is 1. The van der Waals surface area contributed by atoms with Gasteiger partial charge in [-0.3, -0.25) is 4.79 Å². The highest BCUT2D eigenvalue weighted by atomic mass is 16.5. The normalized spacial score (nSPS) is 12.8. The zero-order valence-corrected chi connectivity index (χ0v) is 14.7.